The SMILES string of the molecule is COc1cccc(-c2ccc(C(=O)NCCC3CCN(C)CC3)cn2)c1. The fourth-order valence-electron chi connectivity index (χ4n) is 3.32. The Hall–Kier alpha value is -2.40. The van der Waals surface area contributed by atoms with E-state index in [-0.39, 0.29) is 5.91 Å². The Morgan fingerprint density at radius 3 is 2.77 bits per heavy atom. The quantitative estimate of drug-likeness (QED) is 0.866. The molecule has 1 saturated heterocycles. The van der Waals surface area contributed by atoms with Gasteiger partial charge in [-0.3, -0.25) is 9.78 Å². The summed E-state index contributed by atoms with van der Waals surface area (Å²) in [5, 5.41) is 3.02. The van der Waals surface area contributed by atoms with Gasteiger partial charge in [0.15, 0.2) is 0 Å². The van der Waals surface area contributed by atoms with Gasteiger partial charge in [-0.25, -0.2) is 0 Å². The average molecular weight is 353 g/mol. The molecule has 1 aliphatic heterocycles. The number of benzene rings is 1. The highest BCUT2D eigenvalue weighted by molar-refractivity contribution is 5.94. The molecule has 0 unspecified atom stereocenters. The Bertz CT molecular complexity index is 722. The molecule has 5 nitrogen and oxygen atoms in total. The first-order valence-corrected chi connectivity index (χ1v) is 9.23. The molecule has 0 bridgehead atoms. The van der Waals surface area contributed by atoms with Gasteiger partial charge in [0.1, 0.15) is 5.75 Å². The van der Waals surface area contributed by atoms with E-state index in [1.165, 1.54) is 12.8 Å². The summed E-state index contributed by atoms with van der Waals surface area (Å²) < 4.78 is 5.24. The minimum absolute atomic E-state index is 0.0531. The normalized spacial score (nSPS) is 15.6. The third-order valence-electron chi connectivity index (χ3n) is 5.07. The summed E-state index contributed by atoms with van der Waals surface area (Å²) in [6.07, 6.45) is 5.14. The molecule has 0 aliphatic carbocycles. The van der Waals surface area contributed by atoms with Crippen molar-refractivity contribution < 1.29 is 9.53 Å². The summed E-state index contributed by atoms with van der Waals surface area (Å²) >= 11 is 0. The van der Waals surface area contributed by atoms with E-state index >= 15 is 0 Å². The number of methoxy groups -OCH3 is 1. The number of carbonyl (C=O) groups is 1. The maximum Gasteiger partial charge on any atom is 0.252 e. The lowest BCUT2D eigenvalue weighted by molar-refractivity contribution is 0.0948. The van der Waals surface area contributed by atoms with Crippen molar-refractivity contribution in [2.75, 3.05) is 33.8 Å². The van der Waals surface area contributed by atoms with E-state index < -0.39 is 0 Å². The summed E-state index contributed by atoms with van der Waals surface area (Å²) in [5.41, 5.74) is 2.39. The van der Waals surface area contributed by atoms with Crippen LogP contribution in [0.3, 0.4) is 0 Å². The first-order valence-electron chi connectivity index (χ1n) is 9.23. The van der Waals surface area contributed by atoms with Gasteiger partial charge in [-0.15, -0.1) is 0 Å². The van der Waals surface area contributed by atoms with Crippen LogP contribution in [0.15, 0.2) is 42.6 Å². The number of nitrogens with one attached hydrogen (secondary N) is 1. The predicted molar refractivity (Wildman–Crippen MR) is 103 cm³/mol. The second-order valence-corrected chi connectivity index (χ2v) is 6.96. The first-order chi connectivity index (χ1) is 12.7. The average Bonchev–Trinajstić information content (AvgIpc) is 2.69. The standard InChI is InChI=1S/C21H27N3O2/c1-24-12-9-16(10-13-24)8-11-22-21(25)18-6-7-20(23-15-18)17-4-3-5-19(14-17)26-2/h3-7,14-16H,8-13H2,1-2H3,(H,22,25). The molecule has 5 heteroatoms. The second kappa shape index (κ2) is 8.81. The van der Waals surface area contributed by atoms with Gasteiger partial charge in [-0.2, -0.15) is 0 Å². The molecule has 2 heterocycles. The third-order valence-corrected chi connectivity index (χ3v) is 5.07. The number of aromatic nitrogens is 1. The molecule has 2 aromatic rings. The largest absolute Gasteiger partial charge is 0.497 e. The Morgan fingerprint density at radius 2 is 2.08 bits per heavy atom. The highest BCUT2D eigenvalue weighted by Crippen LogP contribution is 2.22. The molecular formula is C21H27N3O2. The number of hydrogen-bond donors (Lipinski definition) is 1. The van der Waals surface area contributed by atoms with Gasteiger partial charge in [0.05, 0.1) is 18.4 Å². The van der Waals surface area contributed by atoms with Gasteiger partial charge < -0.3 is 15.0 Å². The lowest BCUT2D eigenvalue weighted by Gasteiger charge is -2.28. The van der Waals surface area contributed by atoms with E-state index in [2.05, 4.69) is 22.2 Å². The van der Waals surface area contributed by atoms with Gasteiger partial charge in [-0.1, -0.05) is 12.1 Å². The summed E-state index contributed by atoms with van der Waals surface area (Å²) in [7, 11) is 3.81. The molecule has 26 heavy (non-hydrogen) atoms. The smallest absolute Gasteiger partial charge is 0.252 e. The van der Waals surface area contributed by atoms with E-state index in [0.717, 1.165) is 49.0 Å². The topological polar surface area (TPSA) is 54.5 Å². The second-order valence-electron chi connectivity index (χ2n) is 6.96. The number of likely N-dealkylation sites (tertiary alicyclic amines) is 1. The van der Waals surface area contributed by atoms with Gasteiger partial charge >= 0.3 is 0 Å². The Kier molecular flexibility index (Phi) is 6.23. The fourth-order valence-corrected chi connectivity index (χ4v) is 3.32. The van der Waals surface area contributed by atoms with Crippen LogP contribution in [0, 0.1) is 5.92 Å². The van der Waals surface area contributed by atoms with Crippen LogP contribution in [0.1, 0.15) is 29.6 Å². The minimum Gasteiger partial charge on any atom is -0.497 e. The van der Waals surface area contributed by atoms with Crippen LogP contribution in [0.5, 0.6) is 5.75 Å². The van der Waals surface area contributed by atoms with Crippen LogP contribution in [0.4, 0.5) is 0 Å². The number of ether oxygens (including phenoxy) is 1. The van der Waals surface area contributed by atoms with Gasteiger partial charge in [0.25, 0.3) is 5.91 Å². The molecular weight excluding hydrogens is 326 g/mol. The Labute approximate surface area is 155 Å². The number of carbonyl (C=O) groups excluding carboxylic acids is 1. The maximum absolute atomic E-state index is 12.3. The van der Waals surface area contributed by atoms with Crippen molar-refractivity contribution >= 4 is 5.91 Å². The summed E-state index contributed by atoms with van der Waals surface area (Å²) in [5.74, 6) is 1.46. The summed E-state index contributed by atoms with van der Waals surface area (Å²) in [6.45, 7) is 3.05. The number of nitrogens with zero attached hydrogens (tertiary/aromatic N) is 2. The molecule has 1 aromatic carbocycles. The zero-order chi connectivity index (χ0) is 18.4. The van der Waals surface area contributed by atoms with Crippen LogP contribution >= 0.6 is 0 Å². The Morgan fingerprint density at radius 1 is 1.27 bits per heavy atom. The number of piperidine rings is 1. The predicted octanol–water partition coefficient (Wildman–Crippen LogP) is 3.22. The number of hydrogen-bond acceptors (Lipinski definition) is 4. The van der Waals surface area contributed by atoms with Crippen molar-refractivity contribution in [3.05, 3.63) is 48.2 Å². The zero-order valence-corrected chi connectivity index (χ0v) is 15.6. The Balaban J connectivity index is 1.52. The molecule has 1 fully saturated rings. The molecule has 1 amide bonds. The molecule has 1 N–H and O–H groups in total. The first kappa shape index (κ1) is 18.4. The molecule has 0 radical (unpaired) electrons. The number of rotatable bonds is 6. The van der Waals surface area contributed by atoms with E-state index in [1.54, 1.807) is 13.3 Å². The van der Waals surface area contributed by atoms with Crippen molar-refractivity contribution in [1.29, 1.82) is 0 Å². The van der Waals surface area contributed by atoms with Crippen LogP contribution in [0.25, 0.3) is 11.3 Å². The van der Waals surface area contributed by atoms with Gasteiger partial charge in [0.2, 0.25) is 0 Å². The molecule has 1 aromatic heterocycles. The number of pyridine rings is 1. The van der Waals surface area contributed by atoms with Gasteiger partial charge in [-0.05, 0) is 69.6 Å². The van der Waals surface area contributed by atoms with Crippen molar-refractivity contribution in [2.45, 2.75) is 19.3 Å². The summed E-state index contributed by atoms with van der Waals surface area (Å²) in [4.78, 5) is 19.1. The molecule has 3 rings (SSSR count). The molecule has 0 spiro atoms. The minimum atomic E-state index is -0.0531. The highest BCUT2D eigenvalue weighted by atomic mass is 16.5. The van der Waals surface area contributed by atoms with Gasteiger partial charge in [0, 0.05) is 18.3 Å². The molecule has 138 valence electrons. The number of amides is 1. The van der Waals surface area contributed by atoms with Crippen LogP contribution in [-0.2, 0) is 0 Å². The van der Waals surface area contributed by atoms with E-state index in [4.69, 9.17) is 4.74 Å². The van der Waals surface area contributed by atoms with E-state index in [1.807, 2.05) is 36.4 Å². The van der Waals surface area contributed by atoms with E-state index in [9.17, 15) is 4.79 Å². The third kappa shape index (κ3) is 4.82. The molecule has 1 aliphatic rings. The monoisotopic (exact) mass is 353 g/mol. The van der Waals surface area contributed by atoms with Crippen LogP contribution in [-0.4, -0.2) is 49.6 Å². The van der Waals surface area contributed by atoms with Crippen molar-refractivity contribution in [1.82, 2.24) is 15.2 Å². The molecule has 0 atom stereocenters. The van der Waals surface area contributed by atoms with Crippen molar-refractivity contribution in [3.63, 3.8) is 0 Å². The fraction of sp³-hybridized carbons (Fsp3) is 0.429. The summed E-state index contributed by atoms with van der Waals surface area (Å²) in [6, 6.07) is 11.4. The van der Waals surface area contributed by atoms with Crippen LogP contribution < -0.4 is 10.1 Å². The lowest BCUT2D eigenvalue weighted by atomic mass is 9.94. The lowest BCUT2D eigenvalue weighted by Crippen LogP contribution is -2.32. The van der Waals surface area contributed by atoms with E-state index in [0.29, 0.717) is 5.56 Å². The highest BCUT2D eigenvalue weighted by Gasteiger charge is 2.16. The van der Waals surface area contributed by atoms with Crippen LogP contribution in [0.2, 0.25) is 0 Å². The zero-order valence-electron chi connectivity index (χ0n) is 15.6. The van der Waals surface area contributed by atoms with Crippen molar-refractivity contribution in [2.24, 2.45) is 5.92 Å². The molecule has 0 saturated carbocycles. The van der Waals surface area contributed by atoms with Crippen molar-refractivity contribution in [3.8, 4) is 17.0 Å². The maximum atomic E-state index is 12.3.